The molecule has 3 rings (SSSR count). The Morgan fingerprint density at radius 3 is 2.36 bits per heavy atom. The smallest absolute Gasteiger partial charge is 0.356 e. The molecule has 2 aromatic heterocycles. The van der Waals surface area contributed by atoms with Crippen LogP contribution in [0.25, 0.3) is 22.2 Å². The molecule has 0 spiro atoms. The third kappa shape index (κ3) is 2.72. The van der Waals surface area contributed by atoms with Gasteiger partial charge in [-0.1, -0.05) is 23.7 Å². The van der Waals surface area contributed by atoms with Gasteiger partial charge in [0.05, 0.1) is 12.5 Å². The number of hydrogen-bond acceptors (Lipinski definition) is 5. The zero-order valence-corrected chi connectivity index (χ0v) is 14.5. The molecule has 0 aliphatic rings. The first kappa shape index (κ1) is 16.9. The van der Waals surface area contributed by atoms with Crippen molar-refractivity contribution in [1.29, 1.82) is 0 Å². The van der Waals surface area contributed by atoms with Crippen LogP contribution in [0, 0.1) is 0 Å². The number of hydrogen-bond donors (Lipinski definition) is 0. The number of nitrogens with zero attached hydrogens (tertiary/aromatic N) is 3. The van der Waals surface area contributed by atoms with Crippen LogP contribution in [-0.4, -0.2) is 27.2 Å². The number of aromatic nitrogens is 3. The topological polar surface area (TPSA) is 83.2 Å². The summed E-state index contributed by atoms with van der Waals surface area (Å²) < 4.78 is 6.95. The molecule has 1 aromatic carbocycles. The van der Waals surface area contributed by atoms with Gasteiger partial charge >= 0.3 is 11.7 Å². The molecule has 0 unspecified atom stereocenters. The summed E-state index contributed by atoms with van der Waals surface area (Å²) in [5.74, 6) is -0.662. The molecule has 7 nitrogen and oxygen atoms in total. The lowest BCUT2D eigenvalue weighted by Crippen LogP contribution is -2.37. The number of esters is 1. The monoisotopic (exact) mass is 359 g/mol. The number of halogens is 1. The normalized spacial score (nSPS) is 10.9. The maximum atomic E-state index is 12.7. The summed E-state index contributed by atoms with van der Waals surface area (Å²) in [5, 5.41) is 0.773. The molecule has 0 N–H and O–H groups in total. The Balaban J connectivity index is 2.52. The zero-order chi connectivity index (χ0) is 18.3. The molecule has 128 valence electrons. The van der Waals surface area contributed by atoms with Crippen LogP contribution < -0.4 is 11.2 Å². The third-order valence-electron chi connectivity index (χ3n) is 3.96. The summed E-state index contributed by atoms with van der Waals surface area (Å²) in [5.41, 5.74) is 0.223. The van der Waals surface area contributed by atoms with Crippen molar-refractivity contribution in [1.82, 2.24) is 14.1 Å². The zero-order valence-electron chi connectivity index (χ0n) is 13.7. The van der Waals surface area contributed by atoms with Gasteiger partial charge < -0.3 is 4.74 Å². The summed E-state index contributed by atoms with van der Waals surface area (Å²) in [6.07, 6.45) is 0. The molecule has 0 bridgehead atoms. The second-order valence-electron chi connectivity index (χ2n) is 5.46. The lowest BCUT2D eigenvalue weighted by Gasteiger charge is -2.12. The number of benzene rings is 1. The Labute approximate surface area is 147 Å². The van der Waals surface area contributed by atoms with Crippen LogP contribution in [-0.2, 0) is 18.8 Å². The van der Waals surface area contributed by atoms with E-state index >= 15 is 0 Å². The van der Waals surface area contributed by atoms with Crippen LogP contribution in [0.1, 0.15) is 10.5 Å². The molecular formula is C17H14ClN3O4. The van der Waals surface area contributed by atoms with Gasteiger partial charge in [0, 0.05) is 24.7 Å². The van der Waals surface area contributed by atoms with Crippen LogP contribution in [0.15, 0.2) is 39.9 Å². The second kappa shape index (κ2) is 6.18. The van der Waals surface area contributed by atoms with Gasteiger partial charge in [-0.05, 0) is 23.8 Å². The molecule has 0 saturated carbocycles. The molecule has 8 heteroatoms. The summed E-state index contributed by atoms with van der Waals surface area (Å²) in [6, 6.07) is 8.27. The first-order valence-electron chi connectivity index (χ1n) is 7.30. The average molecular weight is 360 g/mol. The van der Waals surface area contributed by atoms with Crippen molar-refractivity contribution in [3.63, 3.8) is 0 Å². The fraction of sp³-hybridized carbons (Fsp3) is 0.176. The van der Waals surface area contributed by atoms with E-state index in [-0.39, 0.29) is 16.7 Å². The van der Waals surface area contributed by atoms with Crippen molar-refractivity contribution in [2.45, 2.75) is 0 Å². The Kier molecular flexibility index (Phi) is 4.18. The fourth-order valence-corrected chi connectivity index (χ4v) is 2.75. The van der Waals surface area contributed by atoms with E-state index in [4.69, 9.17) is 16.3 Å². The van der Waals surface area contributed by atoms with E-state index in [2.05, 4.69) is 4.98 Å². The highest BCUT2D eigenvalue weighted by molar-refractivity contribution is 6.30. The van der Waals surface area contributed by atoms with E-state index in [9.17, 15) is 14.4 Å². The third-order valence-corrected chi connectivity index (χ3v) is 4.21. The van der Waals surface area contributed by atoms with E-state index in [1.165, 1.54) is 31.8 Å². The van der Waals surface area contributed by atoms with Crippen LogP contribution >= 0.6 is 11.6 Å². The summed E-state index contributed by atoms with van der Waals surface area (Å²) in [4.78, 5) is 41.0. The number of aryl methyl sites for hydroxylation is 1. The van der Waals surface area contributed by atoms with Crippen molar-refractivity contribution in [3.8, 4) is 11.1 Å². The molecular weight excluding hydrogens is 346 g/mol. The SMILES string of the molecule is COC(=O)c1cc(-c2ccc(Cl)cc2)c2c(=O)n(C)c(=O)n(C)c2n1. The molecule has 0 aliphatic heterocycles. The molecule has 2 heterocycles. The van der Waals surface area contributed by atoms with Crippen molar-refractivity contribution in [2.75, 3.05) is 7.11 Å². The van der Waals surface area contributed by atoms with Crippen LogP contribution in [0.3, 0.4) is 0 Å². The van der Waals surface area contributed by atoms with Gasteiger partial charge in [-0.3, -0.25) is 13.9 Å². The van der Waals surface area contributed by atoms with Crippen molar-refractivity contribution in [2.24, 2.45) is 14.1 Å². The summed E-state index contributed by atoms with van der Waals surface area (Å²) in [7, 11) is 4.12. The summed E-state index contributed by atoms with van der Waals surface area (Å²) >= 11 is 5.93. The predicted octanol–water partition coefficient (Wildman–Crippen LogP) is 1.74. The van der Waals surface area contributed by atoms with Gasteiger partial charge in [0.2, 0.25) is 0 Å². The average Bonchev–Trinajstić information content (AvgIpc) is 2.63. The number of carbonyl (C=O) groups excluding carboxylic acids is 1. The number of rotatable bonds is 2. The predicted molar refractivity (Wildman–Crippen MR) is 94.0 cm³/mol. The van der Waals surface area contributed by atoms with Crippen LogP contribution in [0.4, 0.5) is 0 Å². The Morgan fingerprint density at radius 1 is 1.12 bits per heavy atom. The van der Waals surface area contributed by atoms with Crippen LogP contribution in [0.2, 0.25) is 5.02 Å². The van der Waals surface area contributed by atoms with Crippen molar-refractivity contribution >= 4 is 28.6 Å². The Bertz CT molecular complexity index is 1110. The lowest BCUT2D eigenvalue weighted by atomic mass is 10.0. The fourth-order valence-electron chi connectivity index (χ4n) is 2.62. The first-order chi connectivity index (χ1) is 11.8. The number of ether oxygens (including phenoxy) is 1. The number of pyridine rings is 1. The Morgan fingerprint density at radius 2 is 1.76 bits per heavy atom. The van der Waals surface area contributed by atoms with E-state index < -0.39 is 17.2 Å². The molecule has 3 aromatic rings. The molecule has 0 saturated heterocycles. The maximum Gasteiger partial charge on any atom is 0.356 e. The standard InChI is InChI=1S/C17H14ClN3O4/c1-20-14-13(15(22)21(2)17(20)24)11(8-12(19-14)16(23)25-3)9-4-6-10(18)7-5-9/h4-8H,1-3H3. The van der Waals surface area contributed by atoms with E-state index in [1.807, 2.05) is 0 Å². The van der Waals surface area contributed by atoms with Gasteiger partial charge in [-0.15, -0.1) is 0 Å². The second-order valence-corrected chi connectivity index (χ2v) is 5.89. The highest BCUT2D eigenvalue weighted by atomic mass is 35.5. The van der Waals surface area contributed by atoms with Gasteiger partial charge in [-0.25, -0.2) is 14.6 Å². The number of methoxy groups -OCH3 is 1. The largest absolute Gasteiger partial charge is 0.464 e. The summed E-state index contributed by atoms with van der Waals surface area (Å²) in [6.45, 7) is 0. The first-order valence-corrected chi connectivity index (χ1v) is 7.68. The number of fused-ring (bicyclic) bond motifs is 1. The minimum absolute atomic E-state index is 0.00297. The highest BCUT2D eigenvalue weighted by Crippen LogP contribution is 2.27. The van der Waals surface area contributed by atoms with E-state index in [1.54, 1.807) is 24.3 Å². The quantitative estimate of drug-likeness (QED) is 0.651. The van der Waals surface area contributed by atoms with Gasteiger partial charge in [0.15, 0.2) is 11.3 Å². The molecule has 0 atom stereocenters. The lowest BCUT2D eigenvalue weighted by molar-refractivity contribution is 0.0594. The maximum absolute atomic E-state index is 12.7. The molecule has 25 heavy (non-hydrogen) atoms. The molecule has 0 aliphatic carbocycles. The molecule has 0 radical (unpaired) electrons. The van der Waals surface area contributed by atoms with Gasteiger partial charge in [0.1, 0.15) is 0 Å². The van der Waals surface area contributed by atoms with Crippen molar-refractivity contribution < 1.29 is 9.53 Å². The van der Waals surface area contributed by atoms with E-state index in [0.29, 0.717) is 16.1 Å². The molecule has 0 fully saturated rings. The minimum Gasteiger partial charge on any atom is -0.464 e. The molecule has 0 amide bonds. The van der Waals surface area contributed by atoms with Crippen molar-refractivity contribution in [3.05, 3.63) is 61.9 Å². The van der Waals surface area contributed by atoms with Gasteiger partial charge in [0.25, 0.3) is 5.56 Å². The highest BCUT2D eigenvalue weighted by Gasteiger charge is 2.19. The Hall–Kier alpha value is -2.93. The minimum atomic E-state index is -0.662. The number of carbonyl (C=O) groups is 1. The van der Waals surface area contributed by atoms with Gasteiger partial charge in [-0.2, -0.15) is 0 Å². The van der Waals surface area contributed by atoms with E-state index in [0.717, 1.165) is 4.57 Å². The van der Waals surface area contributed by atoms with Crippen LogP contribution in [0.5, 0.6) is 0 Å².